The molecule has 1 aliphatic rings. The van der Waals surface area contributed by atoms with Crippen LogP contribution in [0.25, 0.3) is 0 Å². The molecule has 0 spiro atoms. The van der Waals surface area contributed by atoms with Crippen LogP contribution in [0.3, 0.4) is 0 Å². The summed E-state index contributed by atoms with van der Waals surface area (Å²) < 4.78 is 5.13. The second-order valence-corrected chi connectivity index (χ2v) is 5.35. The third-order valence-corrected chi connectivity index (χ3v) is 3.99. The summed E-state index contributed by atoms with van der Waals surface area (Å²) in [6, 6.07) is 14.1. The third kappa shape index (κ3) is 3.96. The number of nitrogens with zero attached hydrogens (tertiary/aromatic N) is 1. The number of carbonyl (C=O) groups excluding carboxylic acids is 1. The largest absolute Gasteiger partial charge is 0.461 e. The van der Waals surface area contributed by atoms with Gasteiger partial charge < -0.3 is 9.32 Å². The zero-order chi connectivity index (χ0) is 13.8. The Labute approximate surface area is 131 Å². The Kier molecular flexibility index (Phi) is 5.59. The monoisotopic (exact) mass is 305 g/mol. The number of rotatable bonds is 5. The summed E-state index contributed by atoms with van der Waals surface area (Å²) >= 11 is 0. The molecule has 0 amide bonds. The normalized spacial score (nSPS) is 18.4. The van der Waals surface area contributed by atoms with Crippen molar-refractivity contribution in [1.29, 1.82) is 0 Å². The van der Waals surface area contributed by atoms with Gasteiger partial charge in [0.25, 0.3) is 0 Å². The molecule has 0 saturated carbocycles. The lowest BCUT2D eigenvalue weighted by molar-refractivity contribution is 0.0941. The second kappa shape index (κ2) is 7.43. The van der Waals surface area contributed by atoms with E-state index in [1.54, 1.807) is 18.4 Å². The van der Waals surface area contributed by atoms with Crippen molar-refractivity contribution < 1.29 is 9.21 Å². The van der Waals surface area contributed by atoms with Crippen LogP contribution in [0.1, 0.15) is 34.9 Å². The average Bonchev–Trinajstić information content (AvgIpc) is 3.17. The van der Waals surface area contributed by atoms with Crippen molar-refractivity contribution in [3.63, 3.8) is 0 Å². The lowest BCUT2D eigenvalue weighted by atomic mass is 9.99. The molecule has 0 bridgehead atoms. The first-order chi connectivity index (χ1) is 9.83. The van der Waals surface area contributed by atoms with Gasteiger partial charge in [0.2, 0.25) is 0 Å². The molecule has 3 nitrogen and oxygen atoms in total. The fourth-order valence-corrected chi connectivity index (χ4v) is 2.85. The number of hydrogen-bond acceptors (Lipinski definition) is 3. The summed E-state index contributed by atoms with van der Waals surface area (Å²) in [6.07, 6.45) is 3.27. The van der Waals surface area contributed by atoms with E-state index in [4.69, 9.17) is 4.42 Å². The third-order valence-electron chi connectivity index (χ3n) is 3.99. The molecule has 2 heterocycles. The van der Waals surface area contributed by atoms with Crippen molar-refractivity contribution in [3.05, 3.63) is 60.1 Å². The number of carbonyl (C=O) groups is 1. The molecule has 1 aromatic carbocycles. The molecule has 1 aromatic heterocycles. The minimum absolute atomic E-state index is 0. The Hall–Kier alpha value is -1.58. The fourth-order valence-electron chi connectivity index (χ4n) is 2.85. The first-order valence-corrected chi connectivity index (χ1v) is 7.17. The highest BCUT2D eigenvalue weighted by molar-refractivity contribution is 5.93. The van der Waals surface area contributed by atoms with Crippen molar-refractivity contribution in [2.24, 2.45) is 0 Å². The maximum Gasteiger partial charge on any atom is 0.199 e. The SMILES string of the molecule is Cl.O=C(CCN1CCC(c2ccccc2)C1)c1ccco1. The van der Waals surface area contributed by atoms with Gasteiger partial charge >= 0.3 is 0 Å². The lowest BCUT2D eigenvalue weighted by Gasteiger charge is -2.15. The number of likely N-dealkylation sites (tertiary alicyclic amines) is 1. The number of Topliss-reactive ketones (excluding diaryl/α,β-unsaturated/α-hetero) is 1. The van der Waals surface area contributed by atoms with Gasteiger partial charge in [0.05, 0.1) is 6.26 Å². The molecule has 1 aliphatic heterocycles. The average molecular weight is 306 g/mol. The molecule has 0 N–H and O–H groups in total. The Bertz CT molecular complexity index is 553. The van der Waals surface area contributed by atoms with Crippen LogP contribution in [-0.2, 0) is 0 Å². The van der Waals surface area contributed by atoms with Gasteiger partial charge in [0.1, 0.15) is 0 Å². The van der Waals surface area contributed by atoms with E-state index in [1.165, 1.54) is 12.0 Å². The molecule has 21 heavy (non-hydrogen) atoms. The van der Waals surface area contributed by atoms with E-state index >= 15 is 0 Å². The lowest BCUT2D eigenvalue weighted by Crippen LogP contribution is -2.23. The van der Waals surface area contributed by atoms with Gasteiger partial charge in [-0.25, -0.2) is 0 Å². The Morgan fingerprint density at radius 1 is 1.19 bits per heavy atom. The first kappa shape index (κ1) is 15.8. The summed E-state index contributed by atoms with van der Waals surface area (Å²) in [5.41, 5.74) is 1.41. The van der Waals surface area contributed by atoms with Gasteiger partial charge in [0, 0.05) is 19.5 Å². The van der Waals surface area contributed by atoms with E-state index in [9.17, 15) is 4.79 Å². The summed E-state index contributed by atoms with van der Waals surface area (Å²) in [5, 5.41) is 0. The van der Waals surface area contributed by atoms with Gasteiger partial charge in [-0.2, -0.15) is 0 Å². The molecule has 2 aromatic rings. The molecule has 1 saturated heterocycles. The number of hydrogen-bond donors (Lipinski definition) is 0. The molecular weight excluding hydrogens is 286 g/mol. The smallest absolute Gasteiger partial charge is 0.199 e. The maximum absolute atomic E-state index is 11.9. The van der Waals surface area contributed by atoms with E-state index in [0.29, 0.717) is 18.1 Å². The molecule has 1 fully saturated rings. The van der Waals surface area contributed by atoms with Crippen LogP contribution >= 0.6 is 12.4 Å². The number of ketones is 1. The quantitative estimate of drug-likeness (QED) is 0.789. The molecule has 0 radical (unpaired) electrons. The number of furan rings is 1. The van der Waals surface area contributed by atoms with E-state index in [-0.39, 0.29) is 18.2 Å². The Morgan fingerprint density at radius 3 is 2.71 bits per heavy atom. The van der Waals surface area contributed by atoms with Crippen molar-refractivity contribution >= 4 is 18.2 Å². The van der Waals surface area contributed by atoms with Crippen molar-refractivity contribution in [2.45, 2.75) is 18.8 Å². The zero-order valence-electron chi connectivity index (χ0n) is 11.9. The van der Waals surface area contributed by atoms with Crippen LogP contribution in [0.2, 0.25) is 0 Å². The molecule has 1 unspecified atom stereocenters. The number of halogens is 1. The van der Waals surface area contributed by atoms with Gasteiger partial charge in [0.15, 0.2) is 11.5 Å². The van der Waals surface area contributed by atoms with Crippen molar-refractivity contribution in [2.75, 3.05) is 19.6 Å². The highest BCUT2D eigenvalue weighted by atomic mass is 35.5. The van der Waals surface area contributed by atoms with E-state index < -0.39 is 0 Å². The van der Waals surface area contributed by atoms with Crippen molar-refractivity contribution in [3.8, 4) is 0 Å². The highest BCUT2D eigenvalue weighted by Crippen LogP contribution is 2.26. The predicted octanol–water partition coefficient (Wildman–Crippen LogP) is 3.76. The van der Waals surface area contributed by atoms with Gasteiger partial charge in [-0.1, -0.05) is 30.3 Å². The van der Waals surface area contributed by atoms with Gasteiger partial charge in [-0.05, 0) is 36.6 Å². The predicted molar refractivity (Wildman–Crippen MR) is 85.1 cm³/mol. The number of benzene rings is 1. The van der Waals surface area contributed by atoms with E-state index in [0.717, 1.165) is 19.6 Å². The Morgan fingerprint density at radius 2 is 2.00 bits per heavy atom. The van der Waals surface area contributed by atoms with Gasteiger partial charge in [-0.15, -0.1) is 12.4 Å². The van der Waals surface area contributed by atoms with Crippen LogP contribution in [0.4, 0.5) is 0 Å². The van der Waals surface area contributed by atoms with Crippen molar-refractivity contribution in [1.82, 2.24) is 4.90 Å². The van der Waals surface area contributed by atoms with Gasteiger partial charge in [-0.3, -0.25) is 4.79 Å². The van der Waals surface area contributed by atoms with Crippen LogP contribution in [0.5, 0.6) is 0 Å². The topological polar surface area (TPSA) is 33.5 Å². The first-order valence-electron chi connectivity index (χ1n) is 7.17. The minimum atomic E-state index is 0. The second-order valence-electron chi connectivity index (χ2n) is 5.35. The van der Waals surface area contributed by atoms with Crippen LogP contribution in [0.15, 0.2) is 53.1 Å². The van der Waals surface area contributed by atoms with Crippen LogP contribution in [-0.4, -0.2) is 30.3 Å². The van der Waals surface area contributed by atoms with E-state index in [2.05, 4.69) is 35.2 Å². The fraction of sp³-hybridized carbons (Fsp3) is 0.353. The molecule has 112 valence electrons. The van der Waals surface area contributed by atoms with Crippen LogP contribution < -0.4 is 0 Å². The standard InChI is InChI=1S/C17H19NO2.ClH/c19-16(17-7-4-12-20-17)9-11-18-10-8-15(13-18)14-5-2-1-3-6-14;/h1-7,12,15H,8-11,13H2;1H. The highest BCUT2D eigenvalue weighted by Gasteiger charge is 2.24. The molecular formula is C17H20ClNO2. The summed E-state index contributed by atoms with van der Waals surface area (Å²) in [7, 11) is 0. The minimum Gasteiger partial charge on any atom is -0.461 e. The molecule has 4 heteroatoms. The summed E-state index contributed by atoms with van der Waals surface area (Å²) in [5.74, 6) is 1.18. The molecule has 1 atom stereocenters. The van der Waals surface area contributed by atoms with Crippen LogP contribution in [0, 0.1) is 0 Å². The summed E-state index contributed by atoms with van der Waals surface area (Å²) in [6.45, 7) is 2.95. The maximum atomic E-state index is 11.9. The summed E-state index contributed by atoms with van der Waals surface area (Å²) in [4.78, 5) is 14.3. The molecule has 0 aliphatic carbocycles. The zero-order valence-corrected chi connectivity index (χ0v) is 12.7. The molecule has 3 rings (SSSR count). The Balaban J connectivity index is 0.00000161. The van der Waals surface area contributed by atoms with E-state index in [1.807, 2.05) is 0 Å².